The van der Waals surface area contributed by atoms with Crippen LogP contribution in [0.15, 0.2) is 66.7 Å². The Morgan fingerprint density at radius 1 is 1.05 bits per heavy atom. The average molecular weight is 556 g/mol. The van der Waals surface area contributed by atoms with Gasteiger partial charge in [-0.1, -0.05) is 42.8 Å². The molecule has 0 aliphatic carbocycles. The van der Waals surface area contributed by atoms with E-state index < -0.39 is 35.6 Å². The zero-order valence-corrected chi connectivity index (χ0v) is 22.4. The van der Waals surface area contributed by atoms with E-state index in [1.54, 1.807) is 24.3 Å². The van der Waals surface area contributed by atoms with Crippen molar-refractivity contribution in [3.8, 4) is 0 Å². The van der Waals surface area contributed by atoms with Gasteiger partial charge in [0.15, 0.2) is 0 Å². The summed E-state index contributed by atoms with van der Waals surface area (Å²) >= 11 is 5.95. The minimum atomic E-state index is -1.06. The van der Waals surface area contributed by atoms with Gasteiger partial charge in [0.05, 0.1) is 18.1 Å². The third kappa shape index (κ3) is 7.85. The molecule has 4 rings (SSSR count). The van der Waals surface area contributed by atoms with Gasteiger partial charge in [-0.25, -0.2) is 8.78 Å². The molecule has 1 heterocycles. The summed E-state index contributed by atoms with van der Waals surface area (Å²) in [4.78, 5) is 27.4. The SMILES string of the molecule is CCc1cccc(CNCC(O)C(Cc2cc(F)cc(F)c2)NC(=O)C2CC(=O)N(c3ccc(Cl)cc3)C2)c1. The summed E-state index contributed by atoms with van der Waals surface area (Å²) in [7, 11) is 0. The maximum absolute atomic E-state index is 13.9. The molecule has 3 unspecified atom stereocenters. The first-order valence-electron chi connectivity index (χ1n) is 13.0. The van der Waals surface area contributed by atoms with Gasteiger partial charge >= 0.3 is 0 Å². The van der Waals surface area contributed by atoms with Gasteiger partial charge < -0.3 is 20.6 Å². The van der Waals surface area contributed by atoms with Gasteiger partial charge in [-0.3, -0.25) is 9.59 Å². The second-order valence-electron chi connectivity index (χ2n) is 9.85. The maximum Gasteiger partial charge on any atom is 0.227 e. The smallest absolute Gasteiger partial charge is 0.227 e. The van der Waals surface area contributed by atoms with Crippen LogP contribution in [0.1, 0.15) is 30.0 Å². The largest absolute Gasteiger partial charge is 0.390 e. The molecular formula is C30H32ClF2N3O3. The zero-order valence-electron chi connectivity index (χ0n) is 21.7. The number of nitrogens with zero attached hydrogens (tertiary/aromatic N) is 1. The van der Waals surface area contributed by atoms with Crippen LogP contribution in [0.3, 0.4) is 0 Å². The van der Waals surface area contributed by atoms with Crippen molar-refractivity contribution in [3.05, 3.63) is 100 Å². The Hall–Kier alpha value is -3.33. The normalized spacial score (nSPS) is 16.8. The molecule has 0 aromatic heterocycles. The highest BCUT2D eigenvalue weighted by molar-refractivity contribution is 6.30. The Labute approximate surface area is 232 Å². The molecular weight excluding hydrogens is 524 g/mol. The molecule has 0 saturated carbocycles. The number of aliphatic hydroxyl groups excluding tert-OH is 1. The summed E-state index contributed by atoms with van der Waals surface area (Å²) < 4.78 is 27.7. The lowest BCUT2D eigenvalue weighted by Crippen LogP contribution is -2.50. The number of rotatable bonds is 11. The Morgan fingerprint density at radius 3 is 2.44 bits per heavy atom. The molecule has 1 aliphatic rings. The molecule has 1 aliphatic heterocycles. The minimum Gasteiger partial charge on any atom is -0.390 e. The van der Waals surface area contributed by atoms with Gasteiger partial charge in [0.25, 0.3) is 0 Å². The number of hydrogen-bond acceptors (Lipinski definition) is 4. The predicted octanol–water partition coefficient (Wildman–Crippen LogP) is 4.41. The number of hydrogen-bond donors (Lipinski definition) is 3. The number of anilines is 1. The second-order valence-corrected chi connectivity index (χ2v) is 10.3. The Kier molecular flexibility index (Phi) is 9.67. The van der Waals surface area contributed by atoms with Crippen molar-refractivity contribution < 1.29 is 23.5 Å². The number of nitrogens with one attached hydrogen (secondary N) is 2. The molecule has 3 aromatic carbocycles. The number of carbonyl (C=O) groups excluding carboxylic acids is 2. The fourth-order valence-electron chi connectivity index (χ4n) is 4.79. The van der Waals surface area contributed by atoms with Crippen LogP contribution >= 0.6 is 11.6 Å². The summed E-state index contributed by atoms with van der Waals surface area (Å²) in [5, 5.41) is 17.6. The van der Waals surface area contributed by atoms with E-state index in [0.717, 1.165) is 18.1 Å². The van der Waals surface area contributed by atoms with E-state index in [9.17, 15) is 23.5 Å². The topological polar surface area (TPSA) is 81.7 Å². The highest BCUT2D eigenvalue weighted by Crippen LogP contribution is 2.26. The van der Waals surface area contributed by atoms with Crippen LogP contribution in [-0.2, 0) is 29.0 Å². The van der Waals surface area contributed by atoms with E-state index in [-0.39, 0.29) is 31.8 Å². The minimum absolute atomic E-state index is 0.0101. The van der Waals surface area contributed by atoms with E-state index >= 15 is 0 Å². The number of carbonyl (C=O) groups is 2. The molecule has 3 aromatic rings. The van der Waals surface area contributed by atoms with Crippen molar-refractivity contribution >= 4 is 29.1 Å². The van der Waals surface area contributed by atoms with Gasteiger partial charge in [0.2, 0.25) is 11.8 Å². The summed E-state index contributed by atoms with van der Waals surface area (Å²) in [6, 6.07) is 17.2. The lowest BCUT2D eigenvalue weighted by Gasteiger charge is -2.26. The predicted molar refractivity (Wildman–Crippen MR) is 147 cm³/mol. The molecule has 1 fully saturated rings. The zero-order chi connectivity index (χ0) is 27.9. The number of benzene rings is 3. The molecule has 0 bridgehead atoms. The molecule has 6 nitrogen and oxygen atoms in total. The Bertz CT molecular complexity index is 1280. The lowest BCUT2D eigenvalue weighted by atomic mass is 9.99. The van der Waals surface area contributed by atoms with Crippen molar-refractivity contribution in [1.82, 2.24) is 10.6 Å². The highest BCUT2D eigenvalue weighted by atomic mass is 35.5. The van der Waals surface area contributed by atoms with Crippen LogP contribution < -0.4 is 15.5 Å². The highest BCUT2D eigenvalue weighted by Gasteiger charge is 2.36. The van der Waals surface area contributed by atoms with E-state index in [1.807, 2.05) is 18.2 Å². The molecule has 0 radical (unpaired) electrons. The van der Waals surface area contributed by atoms with Crippen molar-refractivity contribution in [1.29, 1.82) is 0 Å². The third-order valence-electron chi connectivity index (χ3n) is 6.89. The van der Waals surface area contributed by atoms with E-state index in [4.69, 9.17) is 11.6 Å². The van der Waals surface area contributed by atoms with Crippen LogP contribution in [0.4, 0.5) is 14.5 Å². The van der Waals surface area contributed by atoms with E-state index in [2.05, 4.69) is 23.6 Å². The summed E-state index contributed by atoms with van der Waals surface area (Å²) in [6.07, 6.45) is -0.124. The molecule has 1 saturated heterocycles. The molecule has 3 N–H and O–H groups in total. The Morgan fingerprint density at radius 2 is 1.74 bits per heavy atom. The molecule has 0 spiro atoms. The molecule has 206 valence electrons. The first-order chi connectivity index (χ1) is 18.7. The molecule has 2 amide bonds. The van der Waals surface area contributed by atoms with Crippen molar-refractivity contribution in [2.75, 3.05) is 18.0 Å². The lowest BCUT2D eigenvalue weighted by molar-refractivity contribution is -0.127. The van der Waals surface area contributed by atoms with Gasteiger partial charge in [-0.2, -0.15) is 0 Å². The number of aryl methyl sites for hydroxylation is 1. The van der Waals surface area contributed by atoms with Gasteiger partial charge in [-0.05, 0) is 65.9 Å². The quantitative estimate of drug-likeness (QED) is 0.327. The van der Waals surface area contributed by atoms with E-state index in [1.165, 1.54) is 22.6 Å². The van der Waals surface area contributed by atoms with E-state index in [0.29, 0.717) is 22.8 Å². The first kappa shape index (κ1) is 28.7. The number of halogens is 3. The average Bonchev–Trinajstić information content (AvgIpc) is 3.30. The number of amides is 2. The monoisotopic (exact) mass is 555 g/mol. The standard InChI is InChI=1S/C30H32ClF2N3O3/c1-2-19-4-3-5-20(10-19)16-34-17-28(37)27(13-21-11-24(32)15-25(33)12-21)35-30(39)22-14-29(38)36(18-22)26-8-6-23(31)7-9-26/h3-12,15,22,27-28,34,37H,2,13-14,16-18H2,1H3,(H,35,39). The number of aliphatic hydroxyl groups is 1. The van der Waals surface area contributed by atoms with Gasteiger partial charge in [0, 0.05) is 42.8 Å². The van der Waals surface area contributed by atoms with Crippen LogP contribution in [0, 0.1) is 17.6 Å². The maximum atomic E-state index is 13.9. The van der Waals surface area contributed by atoms with Crippen molar-refractivity contribution in [2.24, 2.45) is 5.92 Å². The van der Waals surface area contributed by atoms with Crippen molar-refractivity contribution in [3.63, 3.8) is 0 Å². The third-order valence-corrected chi connectivity index (χ3v) is 7.14. The van der Waals surface area contributed by atoms with Gasteiger partial charge in [0.1, 0.15) is 11.6 Å². The fraction of sp³-hybridized carbons (Fsp3) is 0.333. The summed E-state index contributed by atoms with van der Waals surface area (Å²) in [6.45, 7) is 2.90. The summed E-state index contributed by atoms with van der Waals surface area (Å²) in [5.41, 5.74) is 3.20. The second kappa shape index (κ2) is 13.2. The van der Waals surface area contributed by atoms with Crippen LogP contribution in [-0.4, -0.2) is 42.2 Å². The molecule has 9 heteroatoms. The molecule has 3 atom stereocenters. The Balaban J connectivity index is 1.43. The fourth-order valence-corrected chi connectivity index (χ4v) is 4.91. The first-order valence-corrected chi connectivity index (χ1v) is 13.4. The van der Waals surface area contributed by atoms with Crippen molar-refractivity contribution in [2.45, 2.75) is 44.9 Å². The van der Waals surface area contributed by atoms with Crippen LogP contribution in [0.2, 0.25) is 5.02 Å². The van der Waals surface area contributed by atoms with Crippen LogP contribution in [0.25, 0.3) is 0 Å². The van der Waals surface area contributed by atoms with Crippen LogP contribution in [0.5, 0.6) is 0 Å². The van der Waals surface area contributed by atoms with Gasteiger partial charge in [-0.15, -0.1) is 0 Å². The molecule has 39 heavy (non-hydrogen) atoms. The summed E-state index contributed by atoms with van der Waals surface area (Å²) in [5.74, 6) is -2.72.